The van der Waals surface area contributed by atoms with Gasteiger partial charge in [0.2, 0.25) is 0 Å². The summed E-state index contributed by atoms with van der Waals surface area (Å²) in [5.74, 6) is 0.274. The molecule has 0 aliphatic rings. The summed E-state index contributed by atoms with van der Waals surface area (Å²) in [6.07, 6.45) is 2.47. The van der Waals surface area contributed by atoms with Gasteiger partial charge in [0.05, 0.1) is 0 Å². The SMILES string of the molecule is CSc1ccc(CCO)c(O)c1. The third-order valence-electron chi connectivity index (χ3n) is 1.67. The van der Waals surface area contributed by atoms with Crippen molar-refractivity contribution in [1.82, 2.24) is 0 Å². The van der Waals surface area contributed by atoms with Crippen LogP contribution < -0.4 is 0 Å². The van der Waals surface area contributed by atoms with Crippen LogP contribution in [0.2, 0.25) is 0 Å². The average molecular weight is 184 g/mol. The van der Waals surface area contributed by atoms with E-state index in [1.807, 2.05) is 18.4 Å². The van der Waals surface area contributed by atoms with Gasteiger partial charge >= 0.3 is 0 Å². The standard InChI is InChI=1S/C9H12O2S/c1-12-8-3-2-7(4-5-10)9(11)6-8/h2-3,6,10-11H,4-5H2,1H3. The van der Waals surface area contributed by atoms with Gasteiger partial charge in [0.1, 0.15) is 5.75 Å². The van der Waals surface area contributed by atoms with Crippen molar-refractivity contribution < 1.29 is 10.2 Å². The van der Waals surface area contributed by atoms with Crippen molar-refractivity contribution in [3.05, 3.63) is 23.8 Å². The van der Waals surface area contributed by atoms with E-state index in [4.69, 9.17) is 5.11 Å². The number of rotatable bonds is 3. The molecule has 0 unspecified atom stereocenters. The van der Waals surface area contributed by atoms with E-state index in [0.29, 0.717) is 6.42 Å². The Morgan fingerprint density at radius 2 is 2.17 bits per heavy atom. The molecular formula is C9H12O2S. The van der Waals surface area contributed by atoms with Crippen LogP contribution in [-0.2, 0) is 6.42 Å². The lowest BCUT2D eigenvalue weighted by atomic mass is 10.1. The molecule has 1 aromatic carbocycles. The van der Waals surface area contributed by atoms with Crippen LogP contribution in [0.15, 0.2) is 23.1 Å². The first-order valence-corrected chi connectivity index (χ1v) is 4.97. The summed E-state index contributed by atoms with van der Waals surface area (Å²) in [5.41, 5.74) is 0.801. The molecule has 0 heterocycles. The number of aliphatic hydroxyl groups is 1. The van der Waals surface area contributed by atoms with Crippen LogP contribution in [0.3, 0.4) is 0 Å². The molecule has 0 atom stereocenters. The van der Waals surface area contributed by atoms with Gasteiger partial charge in [-0.05, 0) is 30.4 Å². The van der Waals surface area contributed by atoms with E-state index in [0.717, 1.165) is 10.5 Å². The van der Waals surface area contributed by atoms with Crippen molar-refractivity contribution in [1.29, 1.82) is 0 Å². The first-order valence-electron chi connectivity index (χ1n) is 3.74. The van der Waals surface area contributed by atoms with Gasteiger partial charge in [-0.2, -0.15) is 0 Å². The molecule has 0 saturated heterocycles. The van der Waals surface area contributed by atoms with Gasteiger partial charge in [0, 0.05) is 11.5 Å². The molecule has 0 spiro atoms. The molecule has 1 aromatic rings. The van der Waals surface area contributed by atoms with E-state index in [2.05, 4.69) is 0 Å². The Kier molecular flexibility index (Phi) is 3.44. The zero-order chi connectivity index (χ0) is 8.97. The molecule has 66 valence electrons. The number of phenols is 1. The minimum atomic E-state index is 0.0756. The predicted octanol–water partition coefficient (Wildman–Crippen LogP) is 1.65. The molecule has 0 amide bonds. The summed E-state index contributed by atoms with van der Waals surface area (Å²) in [4.78, 5) is 1.04. The van der Waals surface area contributed by atoms with Crippen molar-refractivity contribution in [3.63, 3.8) is 0 Å². The highest BCUT2D eigenvalue weighted by atomic mass is 32.2. The Morgan fingerprint density at radius 1 is 1.42 bits per heavy atom. The summed E-state index contributed by atoms with van der Waals surface area (Å²) >= 11 is 1.59. The molecule has 0 aliphatic heterocycles. The van der Waals surface area contributed by atoms with Crippen LogP contribution in [0.25, 0.3) is 0 Å². The third-order valence-corrected chi connectivity index (χ3v) is 2.40. The average Bonchev–Trinajstić information content (AvgIpc) is 2.09. The highest BCUT2D eigenvalue weighted by molar-refractivity contribution is 7.98. The number of aliphatic hydroxyl groups excluding tert-OH is 1. The Labute approximate surface area is 76.2 Å². The Hall–Kier alpha value is -0.670. The Balaban J connectivity index is 2.87. The van der Waals surface area contributed by atoms with Gasteiger partial charge in [-0.3, -0.25) is 0 Å². The van der Waals surface area contributed by atoms with Gasteiger partial charge in [-0.25, -0.2) is 0 Å². The molecule has 3 heteroatoms. The zero-order valence-corrected chi connectivity index (χ0v) is 7.77. The molecule has 0 saturated carbocycles. The lowest BCUT2D eigenvalue weighted by Crippen LogP contribution is -1.90. The highest BCUT2D eigenvalue weighted by Crippen LogP contribution is 2.24. The smallest absolute Gasteiger partial charge is 0.119 e. The van der Waals surface area contributed by atoms with E-state index >= 15 is 0 Å². The number of thioether (sulfide) groups is 1. The van der Waals surface area contributed by atoms with Gasteiger partial charge in [0.15, 0.2) is 0 Å². The summed E-state index contributed by atoms with van der Waals surface area (Å²) in [6.45, 7) is 0.0756. The lowest BCUT2D eigenvalue weighted by Gasteiger charge is -2.03. The molecule has 0 radical (unpaired) electrons. The van der Waals surface area contributed by atoms with Crippen molar-refractivity contribution in [3.8, 4) is 5.75 Å². The summed E-state index contributed by atoms with van der Waals surface area (Å²) in [5, 5.41) is 18.1. The lowest BCUT2D eigenvalue weighted by molar-refractivity contribution is 0.297. The number of hydrogen-bond donors (Lipinski definition) is 2. The predicted molar refractivity (Wildman–Crippen MR) is 50.7 cm³/mol. The fraction of sp³-hybridized carbons (Fsp3) is 0.333. The fourth-order valence-corrected chi connectivity index (χ4v) is 1.44. The van der Waals surface area contributed by atoms with Crippen molar-refractivity contribution in [2.75, 3.05) is 12.9 Å². The normalized spacial score (nSPS) is 10.2. The maximum absolute atomic E-state index is 9.43. The fourth-order valence-electron chi connectivity index (χ4n) is 1.00. The first-order chi connectivity index (χ1) is 5.77. The number of aromatic hydroxyl groups is 1. The number of phenolic OH excluding ortho intramolecular Hbond substituents is 1. The van der Waals surface area contributed by atoms with Crippen LogP contribution >= 0.6 is 11.8 Å². The molecule has 2 N–H and O–H groups in total. The maximum atomic E-state index is 9.43. The van der Waals surface area contributed by atoms with Crippen LogP contribution in [0.1, 0.15) is 5.56 Å². The second-order valence-corrected chi connectivity index (χ2v) is 3.35. The molecule has 12 heavy (non-hydrogen) atoms. The number of hydrogen-bond acceptors (Lipinski definition) is 3. The van der Waals surface area contributed by atoms with Crippen LogP contribution in [0.4, 0.5) is 0 Å². The van der Waals surface area contributed by atoms with Crippen LogP contribution in [0, 0.1) is 0 Å². The monoisotopic (exact) mass is 184 g/mol. The second-order valence-electron chi connectivity index (χ2n) is 2.47. The molecule has 0 fully saturated rings. The molecule has 0 aliphatic carbocycles. The van der Waals surface area contributed by atoms with E-state index < -0.39 is 0 Å². The molecule has 2 nitrogen and oxygen atoms in total. The molecule has 0 bridgehead atoms. The summed E-state index contributed by atoms with van der Waals surface area (Å²) in [6, 6.07) is 5.50. The minimum absolute atomic E-state index is 0.0756. The van der Waals surface area contributed by atoms with Crippen LogP contribution in [0.5, 0.6) is 5.75 Å². The largest absolute Gasteiger partial charge is 0.508 e. The van der Waals surface area contributed by atoms with Crippen molar-refractivity contribution >= 4 is 11.8 Å². The Morgan fingerprint density at radius 3 is 2.67 bits per heavy atom. The zero-order valence-electron chi connectivity index (χ0n) is 6.95. The van der Waals surface area contributed by atoms with E-state index in [9.17, 15) is 5.11 Å². The van der Waals surface area contributed by atoms with Crippen molar-refractivity contribution in [2.45, 2.75) is 11.3 Å². The Bertz CT molecular complexity index is 261. The summed E-state index contributed by atoms with van der Waals surface area (Å²) in [7, 11) is 0. The van der Waals surface area contributed by atoms with Crippen LogP contribution in [-0.4, -0.2) is 23.1 Å². The minimum Gasteiger partial charge on any atom is -0.508 e. The van der Waals surface area contributed by atoms with E-state index in [1.165, 1.54) is 0 Å². The topological polar surface area (TPSA) is 40.5 Å². The van der Waals surface area contributed by atoms with Gasteiger partial charge in [-0.1, -0.05) is 6.07 Å². The maximum Gasteiger partial charge on any atom is 0.119 e. The third kappa shape index (κ3) is 2.16. The van der Waals surface area contributed by atoms with E-state index in [1.54, 1.807) is 17.8 Å². The second kappa shape index (κ2) is 4.38. The first kappa shape index (κ1) is 9.42. The van der Waals surface area contributed by atoms with Gasteiger partial charge in [0.25, 0.3) is 0 Å². The van der Waals surface area contributed by atoms with Gasteiger partial charge < -0.3 is 10.2 Å². The van der Waals surface area contributed by atoms with Crippen molar-refractivity contribution in [2.24, 2.45) is 0 Å². The molecule has 0 aromatic heterocycles. The molecule has 1 rings (SSSR count). The number of benzene rings is 1. The quantitative estimate of drug-likeness (QED) is 0.702. The summed E-state index contributed by atoms with van der Waals surface area (Å²) < 4.78 is 0. The molecular weight excluding hydrogens is 172 g/mol. The van der Waals surface area contributed by atoms with Gasteiger partial charge in [-0.15, -0.1) is 11.8 Å². The van der Waals surface area contributed by atoms with E-state index in [-0.39, 0.29) is 12.4 Å². The highest BCUT2D eigenvalue weighted by Gasteiger charge is 2.00.